The molecule has 0 amide bonds. The average Bonchev–Trinajstić information content (AvgIpc) is 2.58. The van der Waals surface area contributed by atoms with Gasteiger partial charge in [0.05, 0.1) is 13.2 Å². The summed E-state index contributed by atoms with van der Waals surface area (Å²) in [6.07, 6.45) is -0.682. The minimum absolute atomic E-state index is 0.188. The van der Waals surface area contributed by atoms with Crippen LogP contribution in [0.5, 0.6) is 5.75 Å². The first-order chi connectivity index (χ1) is 12.0. The number of benzene rings is 3. The molecule has 3 nitrogen and oxygen atoms in total. The maximum atomic E-state index is 10.1. The Morgan fingerprint density at radius 1 is 1.04 bits per heavy atom. The van der Waals surface area contributed by atoms with E-state index >= 15 is 0 Å². The maximum absolute atomic E-state index is 10.1. The Morgan fingerprint density at radius 2 is 1.80 bits per heavy atom. The molecule has 3 rings (SSSR count). The number of fused-ring (bicyclic) bond motifs is 2. The average molecular weight is 336 g/mol. The third-order valence-electron chi connectivity index (χ3n) is 4.05. The first-order valence-corrected chi connectivity index (χ1v) is 8.49. The second-order valence-corrected chi connectivity index (χ2v) is 6.59. The van der Waals surface area contributed by atoms with E-state index in [0.717, 1.165) is 32.9 Å². The Labute approximate surface area is 148 Å². The predicted octanol–water partition coefficient (Wildman–Crippen LogP) is 4.63. The molecule has 3 aromatic rings. The van der Waals surface area contributed by atoms with Crippen LogP contribution in [0.4, 0.5) is 0 Å². The van der Waals surface area contributed by atoms with Gasteiger partial charge in [0.25, 0.3) is 0 Å². The van der Waals surface area contributed by atoms with E-state index in [1.807, 2.05) is 19.1 Å². The summed E-state index contributed by atoms with van der Waals surface area (Å²) in [5.74, 6) is 0.816. The third-order valence-corrected chi connectivity index (χ3v) is 4.05. The van der Waals surface area contributed by atoms with Crippen molar-refractivity contribution in [2.75, 3.05) is 19.8 Å². The summed E-state index contributed by atoms with van der Waals surface area (Å²) in [6.45, 7) is 8.62. The van der Waals surface area contributed by atoms with Gasteiger partial charge in [-0.3, -0.25) is 0 Å². The highest BCUT2D eigenvalue weighted by atomic mass is 16.5. The zero-order valence-electron chi connectivity index (χ0n) is 14.8. The molecule has 25 heavy (non-hydrogen) atoms. The molecule has 0 aliphatic rings. The molecule has 3 heteroatoms. The minimum atomic E-state index is -0.682. The lowest BCUT2D eigenvalue weighted by Gasteiger charge is -2.16. The highest BCUT2D eigenvalue weighted by Crippen LogP contribution is 2.35. The lowest BCUT2D eigenvalue weighted by atomic mass is 10.0. The van der Waals surface area contributed by atoms with E-state index in [1.165, 1.54) is 5.56 Å². The Bertz CT molecular complexity index is 898. The number of aryl methyl sites for hydroxylation is 1. The van der Waals surface area contributed by atoms with Gasteiger partial charge in [-0.15, -0.1) is 0 Å². The van der Waals surface area contributed by atoms with Crippen LogP contribution in [0.1, 0.15) is 12.5 Å². The van der Waals surface area contributed by atoms with Gasteiger partial charge in [-0.25, -0.2) is 0 Å². The normalized spacial score (nSPS) is 12.4. The lowest BCUT2D eigenvalue weighted by molar-refractivity contribution is 0.0202. The Hall–Kier alpha value is -2.36. The van der Waals surface area contributed by atoms with Crippen LogP contribution in [-0.2, 0) is 4.74 Å². The summed E-state index contributed by atoms with van der Waals surface area (Å²) >= 11 is 0. The van der Waals surface area contributed by atoms with Crippen LogP contribution in [0, 0.1) is 6.92 Å². The Morgan fingerprint density at radius 3 is 2.60 bits per heavy atom. The molecule has 1 atom stereocenters. The van der Waals surface area contributed by atoms with Crippen molar-refractivity contribution in [3.63, 3.8) is 0 Å². The van der Waals surface area contributed by atoms with Crippen molar-refractivity contribution in [1.82, 2.24) is 0 Å². The number of aliphatic hydroxyl groups is 1. The first-order valence-electron chi connectivity index (χ1n) is 8.49. The molecule has 0 spiro atoms. The van der Waals surface area contributed by atoms with Gasteiger partial charge in [0.1, 0.15) is 18.5 Å². The summed E-state index contributed by atoms with van der Waals surface area (Å²) in [4.78, 5) is 0. The zero-order chi connectivity index (χ0) is 17.8. The molecule has 0 aliphatic heterocycles. The quantitative estimate of drug-likeness (QED) is 0.505. The van der Waals surface area contributed by atoms with Crippen molar-refractivity contribution < 1.29 is 14.6 Å². The van der Waals surface area contributed by atoms with Crippen LogP contribution >= 0.6 is 0 Å². The molecule has 0 heterocycles. The fraction of sp³-hybridized carbons (Fsp3) is 0.273. The van der Waals surface area contributed by atoms with Crippen molar-refractivity contribution in [3.8, 4) is 5.75 Å². The second-order valence-electron chi connectivity index (χ2n) is 6.59. The third kappa shape index (κ3) is 4.19. The molecular formula is C22H24O3. The number of aliphatic hydroxyl groups excluding tert-OH is 1. The highest BCUT2D eigenvalue weighted by molar-refractivity contribution is 6.05. The van der Waals surface area contributed by atoms with Crippen molar-refractivity contribution in [2.45, 2.75) is 20.0 Å². The second kappa shape index (κ2) is 7.68. The van der Waals surface area contributed by atoms with E-state index in [-0.39, 0.29) is 13.2 Å². The molecule has 130 valence electrons. The van der Waals surface area contributed by atoms with Gasteiger partial charge in [-0.2, -0.15) is 0 Å². The Balaban J connectivity index is 1.87. The fourth-order valence-corrected chi connectivity index (χ4v) is 2.89. The van der Waals surface area contributed by atoms with E-state index in [9.17, 15) is 5.11 Å². The van der Waals surface area contributed by atoms with E-state index in [0.29, 0.717) is 6.61 Å². The van der Waals surface area contributed by atoms with Crippen molar-refractivity contribution in [2.24, 2.45) is 0 Å². The fourth-order valence-electron chi connectivity index (χ4n) is 2.89. The van der Waals surface area contributed by atoms with Crippen LogP contribution in [0.25, 0.3) is 21.5 Å². The molecule has 0 fully saturated rings. The summed E-state index contributed by atoms with van der Waals surface area (Å²) in [7, 11) is 0. The largest absolute Gasteiger partial charge is 0.489 e. The van der Waals surface area contributed by atoms with Gasteiger partial charge in [0.2, 0.25) is 0 Å². The topological polar surface area (TPSA) is 38.7 Å². The van der Waals surface area contributed by atoms with E-state index in [2.05, 4.69) is 49.9 Å². The number of rotatable bonds is 7. The van der Waals surface area contributed by atoms with Crippen molar-refractivity contribution in [1.29, 1.82) is 0 Å². The number of ether oxygens (including phenoxy) is 2. The van der Waals surface area contributed by atoms with Crippen LogP contribution in [-0.4, -0.2) is 31.0 Å². The molecule has 0 aromatic heterocycles. The summed E-state index contributed by atoms with van der Waals surface area (Å²) < 4.78 is 11.5. The zero-order valence-corrected chi connectivity index (χ0v) is 14.8. The van der Waals surface area contributed by atoms with Crippen LogP contribution in [0.15, 0.2) is 60.7 Å². The highest BCUT2D eigenvalue weighted by Gasteiger charge is 2.12. The van der Waals surface area contributed by atoms with Crippen molar-refractivity contribution in [3.05, 3.63) is 66.2 Å². The molecular weight excluding hydrogens is 312 g/mol. The Kier molecular flexibility index (Phi) is 5.37. The lowest BCUT2D eigenvalue weighted by Crippen LogP contribution is -2.24. The maximum Gasteiger partial charge on any atom is 0.135 e. The SMILES string of the molecule is C=C(C)COCC(O)COc1c2ccccc2cc2ccc(C)cc12. The minimum Gasteiger partial charge on any atom is -0.489 e. The monoisotopic (exact) mass is 336 g/mol. The molecule has 0 saturated carbocycles. The van der Waals surface area contributed by atoms with Gasteiger partial charge in [-0.05, 0) is 36.8 Å². The van der Waals surface area contributed by atoms with Gasteiger partial charge in [0.15, 0.2) is 0 Å². The van der Waals surface area contributed by atoms with E-state index in [1.54, 1.807) is 0 Å². The van der Waals surface area contributed by atoms with Crippen LogP contribution in [0.3, 0.4) is 0 Å². The van der Waals surface area contributed by atoms with Gasteiger partial charge >= 0.3 is 0 Å². The van der Waals surface area contributed by atoms with Gasteiger partial charge in [-0.1, -0.05) is 54.1 Å². The number of hydrogen-bond acceptors (Lipinski definition) is 3. The van der Waals surface area contributed by atoms with Crippen LogP contribution < -0.4 is 4.74 Å². The molecule has 1 N–H and O–H groups in total. The molecule has 0 aliphatic carbocycles. The van der Waals surface area contributed by atoms with Gasteiger partial charge in [0, 0.05) is 10.8 Å². The molecule has 0 radical (unpaired) electrons. The van der Waals surface area contributed by atoms with E-state index < -0.39 is 6.10 Å². The van der Waals surface area contributed by atoms with Gasteiger partial charge < -0.3 is 14.6 Å². The smallest absolute Gasteiger partial charge is 0.135 e. The summed E-state index contributed by atoms with van der Waals surface area (Å²) in [5, 5.41) is 14.5. The standard InChI is InChI=1S/C22H24O3/c1-15(2)12-24-13-19(23)14-25-22-20-7-5-4-6-17(20)11-18-9-8-16(3)10-21(18)22/h4-11,19,23H,1,12-14H2,2-3H3. The molecule has 3 aromatic carbocycles. The molecule has 0 bridgehead atoms. The molecule has 0 saturated heterocycles. The summed E-state index contributed by atoms with van der Waals surface area (Å²) in [5.41, 5.74) is 2.11. The van der Waals surface area contributed by atoms with Crippen LogP contribution in [0.2, 0.25) is 0 Å². The first kappa shape index (κ1) is 17.5. The summed E-state index contributed by atoms with van der Waals surface area (Å²) in [6, 6.07) is 16.7. The molecule has 1 unspecified atom stereocenters. The van der Waals surface area contributed by atoms with Crippen molar-refractivity contribution >= 4 is 21.5 Å². The number of hydrogen-bond donors (Lipinski definition) is 1. The predicted molar refractivity (Wildman–Crippen MR) is 103 cm³/mol. The van der Waals surface area contributed by atoms with E-state index in [4.69, 9.17) is 9.47 Å².